The number of anilines is 3. The Bertz CT molecular complexity index is 926. The minimum absolute atomic E-state index is 0.215. The Morgan fingerprint density at radius 1 is 0.966 bits per heavy atom. The third-order valence-electron chi connectivity index (χ3n) is 4.89. The van der Waals surface area contributed by atoms with Crippen LogP contribution >= 0.6 is 0 Å². The fraction of sp³-hybridized carbons (Fsp3) is 0.333. The highest BCUT2D eigenvalue weighted by atomic mass is 19.1. The van der Waals surface area contributed by atoms with E-state index in [-0.39, 0.29) is 5.82 Å². The minimum atomic E-state index is -0.215. The number of piperazine rings is 1. The maximum absolute atomic E-state index is 13.0. The zero-order valence-electron chi connectivity index (χ0n) is 16.4. The SMILES string of the molecule is Cc1cc(N2CCN(c3ncccn3)CC2)nc(NCCc2ccc(F)cc2)n1. The van der Waals surface area contributed by atoms with Crippen LogP contribution in [0.3, 0.4) is 0 Å². The van der Waals surface area contributed by atoms with Crippen molar-refractivity contribution >= 4 is 17.7 Å². The number of rotatable bonds is 6. The summed E-state index contributed by atoms with van der Waals surface area (Å²) in [5.74, 6) is 2.10. The van der Waals surface area contributed by atoms with Gasteiger partial charge in [-0.2, -0.15) is 4.98 Å². The largest absolute Gasteiger partial charge is 0.354 e. The molecule has 0 bridgehead atoms. The van der Waals surface area contributed by atoms with Crippen LogP contribution in [0.5, 0.6) is 0 Å². The summed E-state index contributed by atoms with van der Waals surface area (Å²) in [7, 11) is 0. The van der Waals surface area contributed by atoms with E-state index in [0.717, 1.165) is 55.6 Å². The highest BCUT2D eigenvalue weighted by Gasteiger charge is 2.20. The quantitative estimate of drug-likeness (QED) is 0.690. The van der Waals surface area contributed by atoms with Gasteiger partial charge in [0.15, 0.2) is 0 Å². The van der Waals surface area contributed by atoms with Gasteiger partial charge in [0.05, 0.1) is 0 Å². The maximum Gasteiger partial charge on any atom is 0.225 e. The molecule has 2 aromatic heterocycles. The molecule has 8 heteroatoms. The van der Waals surface area contributed by atoms with Crippen molar-refractivity contribution in [3.05, 3.63) is 65.9 Å². The molecule has 1 N–H and O–H groups in total. The molecule has 3 aromatic rings. The number of benzene rings is 1. The van der Waals surface area contributed by atoms with Gasteiger partial charge in [-0.15, -0.1) is 0 Å². The first-order valence-corrected chi connectivity index (χ1v) is 9.78. The number of aryl methyl sites for hydroxylation is 1. The standard InChI is InChI=1S/C21H24FN7/c1-16-15-19(28-11-13-29(14-12-28)21-24-8-2-9-25-21)27-20(26-16)23-10-7-17-3-5-18(22)6-4-17/h2-6,8-9,15H,7,10-14H2,1H3,(H,23,26,27). The summed E-state index contributed by atoms with van der Waals surface area (Å²) in [4.78, 5) is 22.3. The Balaban J connectivity index is 1.35. The molecular weight excluding hydrogens is 369 g/mol. The molecule has 1 fully saturated rings. The molecule has 1 aliphatic rings. The molecular formula is C21H24FN7. The maximum atomic E-state index is 13.0. The van der Waals surface area contributed by atoms with Crippen molar-refractivity contribution in [2.24, 2.45) is 0 Å². The second-order valence-corrected chi connectivity index (χ2v) is 7.02. The van der Waals surface area contributed by atoms with Crippen molar-refractivity contribution in [3.63, 3.8) is 0 Å². The van der Waals surface area contributed by atoms with Crippen molar-refractivity contribution in [2.45, 2.75) is 13.3 Å². The van der Waals surface area contributed by atoms with Crippen LogP contribution in [0.1, 0.15) is 11.3 Å². The van der Waals surface area contributed by atoms with Crippen molar-refractivity contribution in [1.82, 2.24) is 19.9 Å². The molecule has 0 atom stereocenters. The average Bonchev–Trinajstić information content (AvgIpc) is 2.75. The Morgan fingerprint density at radius 3 is 2.38 bits per heavy atom. The zero-order chi connectivity index (χ0) is 20.1. The van der Waals surface area contributed by atoms with Crippen LogP contribution in [0.15, 0.2) is 48.8 Å². The van der Waals surface area contributed by atoms with Gasteiger partial charge < -0.3 is 15.1 Å². The summed E-state index contributed by atoms with van der Waals surface area (Å²) in [6.45, 7) is 6.06. The van der Waals surface area contributed by atoms with Gasteiger partial charge in [-0.05, 0) is 37.1 Å². The Kier molecular flexibility index (Phi) is 5.79. The van der Waals surface area contributed by atoms with E-state index in [1.807, 2.05) is 19.1 Å². The van der Waals surface area contributed by atoms with Gasteiger partial charge in [0.25, 0.3) is 0 Å². The lowest BCUT2D eigenvalue weighted by Crippen LogP contribution is -2.47. The van der Waals surface area contributed by atoms with E-state index in [9.17, 15) is 4.39 Å². The van der Waals surface area contributed by atoms with Crippen LogP contribution in [0, 0.1) is 12.7 Å². The summed E-state index contributed by atoms with van der Waals surface area (Å²) in [6.07, 6.45) is 4.32. The molecule has 7 nitrogen and oxygen atoms in total. The summed E-state index contributed by atoms with van der Waals surface area (Å²) < 4.78 is 13.0. The molecule has 29 heavy (non-hydrogen) atoms. The third kappa shape index (κ3) is 4.96. The zero-order valence-corrected chi connectivity index (χ0v) is 16.4. The molecule has 0 saturated carbocycles. The predicted octanol–water partition coefficient (Wildman–Crippen LogP) is 2.70. The van der Waals surface area contributed by atoms with Crippen molar-refractivity contribution in [1.29, 1.82) is 0 Å². The molecule has 0 aliphatic carbocycles. The molecule has 1 saturated heterocycles. The number of nitrogens with one attached hydrogen (secondary N) is 1. The van der Waals surface area contributed by atoms with Crippen molar-refractivity contribution in [2.75, 3.05) is 47.8 Å². The Morgan fingerprint density at radius 2 is 1.66 bits per heavy atom. The first-order valence-electron chi connectivity index (χ1n) is 9.78. The highest BCUT2D eigenvalue weighted by molar-refractivity contribution is 5.47. The summed E-state index contributed by atoms with van der Waals surface area (Å²) >= 11 is 0. The number of hydrogen-bond donors (Lipinski definition) is 1. The number of hydrogen-bond acceptors (Lipinski definition) is 7. The van der Waals surface area contributed by atoms with E-state index in [4.69, 9.17) is 4.98 Å². The van der Waals surface area contributed by atoms with Gasteiger partial charge in [0, 0.05) is 56.9 Å². The molecule has 0 spiro atoms. The van der Waals surface area contributed by atoms with Gasteiger partial charge in [-0.1, -0.05) is 12.1 Å². The van der Waals surface area contributed by atoms with Crippen LogP contribution < -0.4 is 15.1 Å². The number of nitrogens with zero attached hydrogens (tertiary/aromatic N) is 6. The van der Waals surface area contributed by atoms with Crippen molar-refractivity contribution < 1.29 is 4.39 Å². The summed E-state index contributed by atoms with van der Waals surface area (Å²) in [5, 5.41) is 3.29. The molecule has 4 rings (SSSR count). The Hall–Kier alpha value is -3.29. The Labute approximate surface area is 169 Å². The number of halogens is 1. The van der Waals surface area contributed by atoms with Crippen LogP contribution in [-0.2, 0) is 6.42 Å². The van der Waals surface area contributed by atoms with Crippen LogP contribution in [-0.4, -0.2) is 52.7 Å². The topological polar surface area (TPSA) is 70.1 Å². The predicted molar refractivity (Wildman–Crippen MR) is 112 cm³/mol. The molecule has 0 radical (unpaired) electrons. The smallest absolute Gasteiger partial charge is 0.225 e. The minimum Gasteiger partial charge on any atom is -0.354 e. The average molecular weight is 393 g/mol. The van der Waals surface area contributed by atoms with Crippen LogP contribution in [0.2, 0.25) is 0 Å². The molecule has 1 aromatic carbocycles. The second-order valence-electron chi connectivity index (χ2n) is 7.02. The normalized spacial score (nSPS) is 14.1. The van der Waals surface area contributed by atoms with E-state index in [1.165, 1.54) is 12.1 Å². The monoisotopic (exact) mass is 393 g/mol. The lowest BCUT2D eigenvalue weighted by molar-refractivity contribution is 0.627. The van der Waals surface area contributed by atoms with E-state index in [1.54, 1.807) is 24.5 Å². The number of aromatic nitrogens is 4. The fourth-order valence-electron chi connectivity index (χ4n) is 3.35. The summed E-state index contributed by atoms with van der Waals surface area (Å²) in [6, 6.07) is 10.4. The lowest BCUT2D eigenvalue weighted by Gasteiger charge is -2.35. The fourth-order valence-corrected chi connectivity index (χ4v) is 3.35. The van der Waals surface area contributed by atoms with E-state index in [0.29, 0.717) is 12.5 Å². The van der Waals surface area contributed by atoms with Gasteiger partial charge in [-0.25, -0.2) is 19.3 Å². The molecule has 0 unspecified atom stereocenters. The molecule has 0 amide bonds. The lowest BCUT2D eigenvalue weighted by atomic mass is 10.1. The van der Waals surface area contributed by atoms with E-state index in [2.05, 4.69) is 30.1 Å². The van der Waals surface area contributed by atoms with Crippen LogP contribution in [0.25, 0.3) is 0 Å². The van der Waals surface area contributed by atoms with E-state index < -0.39 is 0 Å². The van der Waals surface area contributed by atoms with Gasteiger partial charge in [0.1, 0.15) is 11.6 Å². The summed E-state index contributed by atoms with van der Waals surface area (Å²) in [5.41, 5.74) is 2.00. The molecule has 1 aliphatic heterocycles. The van der Waals surface area contributed by atoms with E-state index >= 15 is 0 Å². The first-order chi connectivity index (χ1) is 14.2. The molecule has 150 valence electrons. The van der Waals surface area contributed by atoms with Crippen molar-refractivity contribution in [3.8, 4) is 0 Å². The van der Waals surface area contributed by atoms with Gasteiger partial charge >= 0.3 is 0 Å². The molecule has 3 heterocycles. The van der Waals surface area contributed by atoms with Crippen LogP contribution in [0.4, 0.5) is 22.1 Å². The van der Waals surface area contributed by atoms with Gasteiger partial charge in [-0.3, -0.25) is 0 Å². The first kappa shape index (κ1) is 19.0. The highest BCUT2D eigenvalue weighted by Crippen LogP contribution is 2.18. The third-order valence-corrected chi connectivity index (χ3v) is 4.89. The van der Waals surface area contributed by atoms with Gasteiger partial charge in [0.2, 0.25) is 11.9 Å². The second kappa shape index (κ2) is 8.81.